The van der Waals surface area contributed by atoms with Crippen molar-refractivity contribution in [3.63, 3.8) is 0 Å². The summed E-state index contributed by atoms with van der Waals surface area (Å²) >= 11 is 0. The second kappa shape index (κ2) is 11.0. The van der Waals surface area contributed by atoms with E-state index >= 15 is 0 Å². The van der Waals surface area contributed by atoms with Gasteiger partial charge in [-0.2, -0.15) is 8.42 Å². The zero-order valence-corrected chi connectivity index (χ0v) is 26.2. The van der Waals surface area contributed by atoms with Gasteiger partial charge in [0.05, 0.1) is 21.8 Å². The monoisotopic (exact) mass is 614 g/mol. The molecule has 9 heteroatoms. The van der Waals surface area contributed by atoms with E-state index in [0.717, 1.165) is 12.8 Å². The van der Waals surface area contributed by atoms with Crippen molar-refractivity contribution in [3.05, 3.63) is 84.9 Å². The molecule has 0 aliphatic heterocycles. The van der Waals surface area contributed by atoms with Crippen LogP contribution in [-0.2, 0) is 28.4 Å². The SMILES string of the molecule is CCCCS(=O)(=O)c1ccc(S(OS(=O)(=O)CC23CCC(CC2=O)C3(C)C)(c2ccccc2)c2ccccc2)cc1. The highest BCUT2D eigenvalue weighted by atomic mass is 32.3. The van der Waals surface area contributed by atoms with E-state index in [1.54, 1.807) is 24.3 Å². The summed E-state index contributed by atoms with van der Waals surface area (Å²) < 4.78 is 60.8. The molecule has 2 fully saturated rings. The molecule has 0 heterocycles. The molecule has 6 nitrogen and oxygen atoms in total. The van der Waals surface area contributed by atoms with Crippen molar-refractivity contribution < 1.29 is 25.3 Å². The molecule has 2 aliphatic carbocycles. The maximum absolute atomic E-state index is 14.2. The van der Waals surface area contributed by atoms with Crippen molar-refractivity contribution in [2.75, 3.05) is 11.5 Å². The Morgan fingerprint density at radius 2 is 1.29 bits per heavy atom. The molecule has 2 saturated carbocycles. The van der Waals surface area contributed by atoms with Crippen LogP contribution in [0.15, 0.2) is 105 Å². The number of benzene rings is 3. The normalized spacial score (nSPS) is 22.6. The lowest BCUT2D eigenvalue weighted by molar-refractivity contribution is -0.128. The number of unbranched alkanes of at least 4 members (excludes halogenated alkanes) is 1. The van der Waals surface area contributed by atoms with Gasteiger partial charge < -0.3 is 0 Å². The number of Topliss-reactive ketones (excluding diaryl/α,β-unsaturated/α-hetero) is 1. The fourth-order valence-corrected chi connectivity index (χ4v) is 14.2. The Morgan fingerprint density at radius 3 is 1.76 bits per heavy atom. The Balaban J connectivity index is 1.66. The Kier molecular flexibility index (Phi) is 8.04. The third kappa shape index (κ3) is 5.19. The second-order valence-corrected chi connectivity index (χ2v) is 18.3. The van der Waals surface area contributed by atoms with E-state index in [4.69, 9.17) is 3.63 Å². The smallest absolute Gasteiger partial charge is 0.278 e. The molecule has 2 atom stereocenters. The van der Waals surface area contributed by atoms with Crippen molar-refractivity contribution in [1.29, 1.82) is 0 Å². The fourth-order valence-electron chi connectivity index (χ4n) is 6.63. The van der Waals surface area contributed by atoms with Crippen LogP contribution < -0.4 is 0 Å². The van der Waals surface area contributed by atoms with Crippen LogP contribution in [0.25, 0.3) is 0 Å². The zero-order valence-electron chi connectivity index (χ0n) is 23.8. The molecule has 220 valence electrons. The largest absolute Gasteiger partial charge is 0.299 e. The van der Waals surface area contributed by atoms with E-state index in [0.29, 0.717) is 33.9 Å². The predicted octanol–water partition coefficient (Wildman–Crippen LogP) is 7.20. The van der Waals surface area contributed by atoms with Gasteiger partial charge in [0.2, 0.25) is 0 Å². The van der Waals surface area contributed by atoms with Crippen molar-refractivity contribution in [2.24, 2.45) is 16.7 Å². The Morgan fingerprint density at radius 1 is 0.780 bits per heavy atom. The van der Waals surface area contributed by atoms with E-state index in [2.05, 4.69) is 0 Å². The molecule has 2 aliphatic rings. The quantitative estimate of drug-likeness (QED) is 0.227. The van der Waals surface area contributed by atoms with E-state index in [9.17, 15) is 21.6 Å². The van der Waals surface area contributed by atoms with Gasteiger partial charge >= 0.3 is 0 Å². The molecule has 3 aromatic carbocycles. The van der Waals surface area contributed by atoms with Gasteiger partial charge in [-0.3, -0.25) is 4.79 Å². The molecule has 2 bridgehead atoms. The van der Waals surface area contributed by atoms with Crippen molar-refractivity contribution >= 4 is 36.0 Å². The summed E-state index contributed by atoms with van der Waals surface area (Å²) in [7, 11) is -10.6. The van der Waals surface area contributed by atoms with Crippen LogP contribution in [0, 0.1) is 16.7 Å². The van der Waals surface area contributed by atoms with Gasteiger partial charge in [0.15, 0.2) is 9.84 Å². The minimum Gasteiger partial charge on any atom is -0.299 e. The number of fused-ring (bicyclic) bond motifs is 2. The molecule has 5 rings (SSSR count). The third-order valence-electron chi connectivity index (χ3n) is 9.20. The maximum atomic E-state index is 14.2. The lowest BCUT2D eigenvalue weighted by Gasteiger charge is -2.41. The minimum atomic E-state index is -4.27. The molecule has 0 amide bonds. The van der Waals surface area contributed by atoms with Crippen molar-refractivity contribution in [2.45, 2.75) is 72.5 Å². The van der Waals surface area contributed by atoms with Crippen LogP contribution in [0.1, 0.15) is 52.9 Å². The highest BCUT2D eigenvalue weighted by Crippen LogP contribution is 2.71. The lowest BCUT2D eigenvalue weighted by Crippen LogP contribution is -2.42. The number of carbonyl (C=O) groups excluding carboxylic acids is 1. The van der Waals surface area contributed by atoms with Crippen LogP contribution in [0.4, 0.5) is 0 Å². The number of hydrogen-bond donors (Lipinski definition) is 0. The van der Waals surface area contributed by atoms with Gasteiger partial charge in [0.25, 0.3) is 10.1 Å². The molecule has 3 aromatic rings. The van der Waals surface area contributed by atoms with E-state index in [1.807, 2.05) is 81.4 Å². The molecule has 2 unspecified atom stereocenters. The molecular weight excluding hydrogens is 577 g/mol. The minimum absolute atomic E-state index is 0.00702. The first-order valence-corrected chi connectivity index (χ1v) is 18.9. The van der Waals surface area contributed by atoms with E-state index in [1.165, 1.54) is 0 Å². The number of carbonyl (C=O) groups is 1. The molecule has 0 aromatic heterocycles. The van der Waals surface area contributed by atoms with Crippen molar-refractivity contribution in [1.82, 2.24) is 0 Å². The lowest BCUT2D eigenvalue weighted by atomic mass is 9.70. The molecule has 0 spiro atoms. The zero-order chi connectivity index (χ0) is 29.5. The standard InChI is InChI=1S/C32H38O6S3/c1-4-5-22-39(34,35)26-16-18-29(19-17-26)41(27-12-8-6-9-13-27,28-14-10-7-11-15-28)38-40(36,37)24-32-21-20-25(23-30(32)33)31(32,2)3/h6-19,25H,4-5,20-24H2,1-3H3. The first-order valence-electron chi connectivity index (χ1n) is 14.1. The summed E-state index contributed by atoms with van der Waals surface area (Å²) in [6, 6.07) is 24.9. The van der Waals surface area contributed by atoms with Crippen LogP contribution in [0.5, 0.6) is 0 Å². The summed E-state index contributed by atoms with van der Waals surface area (Å²) in [5.41, 5.74) is -1.42. The van der Waals surface area contributed by atoms with Gasteiger partial charge in [-0.05, 0) is 89.4 Å². The first kappa shape index (κ1) is 30.0. The number of hydrogen-bond acceptors (Lipinski definition) is 6. The number of rotatable bonds is 11. The van der Waals surface area contributed by atoms with Crippen molar-refractivity contribution in [3.8, 4) is 0 Å². The number of sulfone groups is 1. The number of ketones is 1. The molecule has 0 radical (unpaired) electrons. The van der Waals surface area contributed by atoms with Gasteiger partial charge in [0, 0.05) is 21.1 Å². The van der Waals surface area contributed by atoms with E-state index in [-0.39, 0.29) is 28.1 Å². The van der Waals surface area contributed by atoms with Gasteiger partial charge in [0.1, 0.15) is 5.78 Å². The van der Waals surface area contributed by atoms with Crippen LogP contribution >= 0.6 is 10.3 Å². The average molecular weight is 615 g/mol. The average Bonchev–Trinajstić information content (AvgIpc) is 3.30. The summed E-state index contributed by atoms with van der Waals surface area (Å²) in [6.07, 6.45) is 3.10. The predicted molar refractivity (Wildman–Crippen MR) is 162 cm³/mol. The Labute approximate surface area is 246 Å². The fraction of sp³-hybridized carbons (Fsp3) is 0.406. The summed E-state index contributed by atoms with van der Waals surface area (Å²) in [5.74, 6) is -0.142. The molecule has 0 N–H and O–H groups in total. The van der Waals surface area contributed by atoms with E-state index < -0.39 is 41.1 Å². The highest BCUT2D eigenvalue weighted by molar-refractivity contribution is 8.33. The van der Waals surface area contributed by atoms with Crippen LogP contribution in [-0.4, -0.2) is 34.1 Å². The third-order valence-corrected chi connectivity index (χ3v) is 16.3. The Bertz CT molecular complexity index is 1580. The summed E-state index contributed by atoms with van der Waals surface area (Å²) in [5, 5.41) is 0. The van der Waals surface area contributed by atoms with Crippen LogP contribution in [0.2, 0.25) is 0 Å². The van der Waals surface area contributed by atoms with Gasteiger partial charge in [-0.25, -0.2) is 12.0 Å². The van der Waals surface area contributed by atoms with Gasteiger partial charge in [-0.15, -0.1) is 0 Å². The molecular formula is C32H38O6S3. The van der Waals surface area contributed by atoms with Crippen LogP contribution in [0.3, 0.4) is 0 Å². The van der Waals surface area contributed by atoms with Gasteiger partial charge in [-0.1, -0.05) is 63.6 Å². The second-order valence-electron chi connectivity index (χ2n) is 11.8. The molecule has 0 saturated heterocycles. The summed E-state index contributed by atoms with van der Waals surface area (Å²) in [4.78, 5) is 15.3. The first-order chi connectivity index (χ1) is 19.4. The highest BCUT2D eigenvalue weighted by Gasteiger charge is 2.65. The topological polar surface area (TPSA) is 94.6 Å². The Hall–Kier alpha value is -2.46. The maximum Gasteiger partial charge on any atom is 0.278 e. The molecule has 41 heavy (non-hydrogen) atoms. The summed E-state index contributed by atoms with van der Waals surface area (Å²) in [6.45, 7) is 5.97.